The Morgan fingerprint density at radius 2 is 2.19 bits per heavy atom. The van der Waals surface area contributed by atoms with Crippen LogP contribution in [0, 0.1) is 0 Å². The second-order valence-electron chi connectivity index (χ2n) is 4.96. The molecule has 0 aliphatic heterocycles. The van der Waals surface area contributed by atoms with E-state index in [4.69, 9.17) is 4.74 Å². The van der Waals surface area contributed by atoms with Crippen LogP contribution < -0.4 is 4.74 Å². The van der Waals surface area contributed by atoms with Crippen LogP contribution in [0.3, 0.4) is 0 Å². The predicted molar refractivity (Wildman–Crippen MR) is 85.2 cm³/mol. The molecule has 2 aromatic rings. The highest BCUT2D eigenvalue weighted by Crippen LogP contribution is 2.26. The number of ether oxygens (including phenoxy) is 1. The van der Waals surface area contributed by atoms with Crippen molar-refractivity contribution in [2.45, 2.75) is 32.1 Å². The summed E-state index contributed by atoms with van der Waals surface area (Å²) >= 11 is 1.49. The molecule has 1 N–H and O–H groups in total. The van der Waals surface area contributed by atoms with Crippen LogP contribution in [-0.2, 0) is 11.2 Å². The molecule has 1 aromatic carbocycles. The summed E-state index contributed by atoms with van der Waals surface area (Å²) < 4.78 is 5.68. The summed E-state index contributed by atoms with van der Waals surface area (Å²) in [5.41, 5.74) is 0.991. The second kappa shape index (κ2) is 7.84. The Morgan fingerprint density at radius 3 is 2.86 bits per heavy atom. The van der Waals surface area contributed by atoms with Crippen molar-refractivity contribution in [2.75, 3.05) is 6.61 Å². The van der Waals surface area contributed by atoms with E-state index in [0.29, 0.717) is 13.0 Å². The van der Waals surface area contributed by atoms with Crippen LogP contribution in [0.25, 0.3) is 0 Å². The number of carboxylic acid groups (broad SMARTS) is 1. The van der Waals surface area contributed by atoms with Gasteiger partial charge in [-0.15, -0.1) is 11.3 Å². The third-order valence-corrected chi connectivity index (χ3v) is 4.28. The van der Waals surface area contributed by atoms with Crippen molar-refractivity contribution in [3.63, 3.8) is 0 Å². The fourth-order valence-corrected chi connectivity index (χ4v) is 2.95. The maximum Gasteiger partial charge on any atom is 0.312 e. The van der Waals surface area contributed by atoms with Crippen molar-refractivity contribution in [2.24, 2.45) is 0 Å². The standard InChI is InChI=1S/C17H20O3S/c1-2-3-9-20-14-7-4-6-13(11-14)12-15(17(18)19)16-8-5-10-21-16/h4-8,10-11,15H,2-3,9,12H2,1H3,(H,18,19). The van der Waals surface area contributed by atoms with E-state index in [1.54, 1.807) is 0 Å². The fourth-order valence-electron chi connectivity index (χ4n) is 2.13. The Bertz CT molecular complexity index is 563. The van der Waals surface area contributed by atoms with Gasteiger partial charge in [-0.2, -0.15) is 0 Å². The summed E-state index contributed by atoms with van der Waals surface area (Å²) in [6.45, 7) is 2.82. The number of unbranched alkanes of at least 4 members (excludes halogenated alkanes) is 1. The van der Waals surface area contributed by atoms with Crippen molar-refractivity contribution in [3.05, 3.63) is 52.2 Å². The molecule has 0 spiro atoms. The minimum Gasteiger partial charge on any atom is -0.494 e. The van der Waals surface area contributed by atoms with E-state index in [1.165, 1.54) is 11.3 Å². The molecule has 0 saturated heterocycles. The molecule has 2 rings (SSSR count). The lowest BCUT2D eigenvalue weighted by Crippen LogP contribution is -2.13. The van der Waals surface area contributed by atoms with Gasteiger partial charge in [-0.3, -0.25) is 4.79 Å². The molecular weight excluding hydrogens is 284 g/mol. The first-order chi connectivity index (χ1) is 10.2. The summed E-state index contributed by atoms with van der Waals surface area (Å²) in [7, 11) is 0. The van der Waals surface area contributed by atoms with Gasteiger partial charge in [-0.25, -0.2) is 0 Å². The van der Waals surface area contributed by atoms with E-state index in [1.807, 2.05) is 41.8 Å². The van der Waals surface area contributed by atoms with Gasteiger partial charge >= 0.3 is 5.97 Å². The van der Waals surface area contributed by atoms with Crippen LogP contribution in [0.2, 0.25) is 0 Å². The minimum atomic E-state index is -0.783. The normalized spacial score (nSPS) is 12.0. The summed E-state index contributed by atoms with van der Waals surface area (Å²) in [6.07, 6.45) is 2.61. The van der Waals surface area contributed by atoms with Crippen molar-refractivity contribution in [3.8, 4) is 5.75 Å². The van der Waals surface area contributed by atoms with Crippen LogP contribution in [0.5, 0.6) is 5.75 Å². The van der Waals surface area contributed by atoms with E-state index in [-0.39, 0.29) is 0 Å². The topological polar surface area (TPSA) is 46.5 Å². The monoisotopic (exact) mass is 304 g/mol. The predicted octanol–water partition coefficient (Wildman–Crippen LogP) is 4.34. The number of carboxylic acids is 1. The zero-order valence-electron chi connectivity index (χ0n) is 12.1. The maximum atomic E-state index is 11.5. The van der Waals surface area contributed by atoms with E-state index >= 15 is 0 Å². The summed E-state index contributed by atoms with van der Waals surface area (Å²) in [4.78, 5) is 12.4. The van der Waals surface area contributed by atoms with Gasteiger partial charge in [0, 0.05) is 4.88 Å². The van der Waals surface area contributed by atoms with Crippen molar-refractivity contribution in [1.29, 1.82) is 0 Å². The van der Waals surface area contributed by atoms with Gasteiger partial charge in [-0.05, 0) is 42.0 Å². The highest BCUT2D eigenvalue weighted by atomic mass is 32.1. The zero-order valence-corrected chi connectivity index (χ0v) is 12.9. The van der Waals surface area contributed by atoms with Gasteiger partial charge in [-0.1, -0.05) is 31.5 Å². The number of carbonyl (C=O) groups is 1. The van der Waals surface area contributed by atoms with Gasteiger partial charge in [0.05, 0.1) is 12.5 Å². The lowest BCUT2D eigenvalue weighted by Gasteiger charge is -2.12. The molecule has 1 heterocycles. The van der Waals surface area contributed by atoms with Gasteiger partial charge in [0.2, 0.25) is 0 Å². The van der Waals surface area contributed by atoms with Crippen molar-refractivity contribution in [1.82, 2.24) is 0 Å². The number of hydrogen-bond donors (Lipinski definition) is 1. The van der Waals surface area contributed by atoms with Gasteiger partial charge < -0.3 is 9.84 Å². The lowest BCUT2D eigenvalue weighted by atomic mass is 9.98. The van der Waals surface area contributed by atoms with Gasteiger partial charge in [0.1, 0.15) is 5.75 Å². The molecule has 1 atom stereocenters. The number of benzene rings is 1. The first-order valence-electron chi connectivity index (χ1n) is 7.18. The average Bonchev–Trinajstić information content (AvgIpc) is 2.99. The number of hydrogen-bond acceptors (Lipinski definition) is 3. The lowest BCUT2D eigenvalue weighted by molar-refractivity contribution is -0.138. The number of aliphatic carboxylic acids is 1. The highest BCUT2D eigenvalue weighted by molar-refractivity contribution is 7.10. The molecule has 112 valence electrons. The molecule has 0 bridgehead atoms. The zero-order chi connectivity index (χ0) is 15.1. The van der Waals surface area contributed by atoms with Crippen LogP contribution >= 0.6 is 11.3 Å². The Labute approximate surface area is 129 Å². The third kappa shape index (κ3) is 4.60. The maximum absolute atomic E-state index is 11.5. The summed E-state index contributed by atoms with van der Waals surface area (Å²) in [5.74, 6) is -0.457. The molecule has 1 aromatic heterocycles. The summed E-state index contributed by atoms with van der Waals surface area (Å²) in [5, 5.41) is 11.3. The molecule has 0 aliphatic rings. The van der Waals surface area contributed by atoms with Crippen molar-refractivity contribution >= 4 is 17.3 Å². The average molecular weight is 304 g/mol. The van der Waals surface area contributed by atoms with Crippen LogP contribution in [0.15, 0.2) is 41.8 Å². The highest BCUT2D eigenvalue weighted by Gasteiger charge is 2.21. The second-order valence-corrected chi connectivity index (χ2v) is 5.94. The molecule has 0 aliphatic carbocycles. The third-order valence-electron chi connectivity index (χ3n) is 3.29. The quantitative estimate of drug-likeness (QED) is 0.738. The van der Waals surface area contributed by atoms with Gasteiger partial charge in [0.15, 0.2) is 0 Å². The number of thiophene rings is 1. The first kappa shape index (κ1) is 15.6. The molecule has 3 nitrogen and oxygen atoms in total. The van der Waals surface area contributed by atoms with E-state index in [2.05, 4.69) is 6.92 Å². The minimum absolute atomic E-state index is 0.487. The van der Waals surface area contributed by atoms with Crippen LogP contribution in [-0.4, -0.2) is 17.7 Å². The smallest absolute Gasteiger partial charge is 0.312 e. The van der Waals surface area contributed by atoms with E-state index in [0.717, 1.165) is 29.0 Å². The first-order valence-corrected chi connectivity index (χ1v) is 8.06. The molecular formula is C17H20O3S. The Balaban J connectivity index is 2.07. The molecule has 0 saturated carbocycles. The molecule has 1 unspecified atom stereocenters. The molecule has 0 radical (unpaired) electrons. The van der Waals surface area contributed by atoms with Crippen molar-refractivity contribution < 1.29 is 14.6 Å². The molecule has 0 fully saturated rings. The van der Waals surface area contributed by atoms with Crippen LogP contribution in [0.4, 0.5) is 0 Å². The van der Waals surface area contributed by atoms with E-state index in [9.17, 15) is 9.90 Å². The Kier molecular flexibility index (Phi) is 5.81. The van der Waals surface area contributed by atoms with Gasteiger partial charge in [0.25, 0.3) is 0 Å². The van der Waals surface area contributed by atoms with E-state index < -0.39 is 11.9 Å². The Hall–Kier alpha value is -1.81. The summed E-state index contributed by atoms with van der Waals surface area (Å²) in [6, 6.07) is 11.5. The van der Waals surface area contributed by atoms with Crippen LogP contribution in [0.1, 0.15) is 36.1 Å². The SMILES string of the molecule is CCCCOc1cccc(CC(C(=O)O)c2cccs2)c1. The fraction of sp³-hybridized carbons (Fsp3) is 0.353. The number of rotatable bonds is 8. The largest absolute Gasteiger partial charge is 0.494 e. The molecule has 21 heavy (non-hydrogen) atoms. The Morgan fingerprint density at radius 1 is 1.33 bits per heavy atom. The molecule has 0 amide bonds. The molecule has 4 heteroatoms.